The molecule has 29 heavy (non-hydrogen) atoms. The molecule has 9 heteroatoms. The number of carbonyl (C=O) groups excluding carboxylic acids is 1. The van der Waals surface area contributed by atoms with Gasteiger partial charge in [0.2, 0.25) is 5.91 Å². The number of piperazine rings is 1. The van der Waals surface area contributed by atoms with Crippen molar-refractivity contribution in [2.45, 2.75) is 23.5 Å². The van der Waals surface area contributed by atoms with Crippen molar-refractivity contribution in [1.29, 1.82) is 0 Å². The number of likely N-dealkylation sites (tertiary alicyclic amines) is 1. The number of halogens is 1. The summed E-state index contributed by atoms with van der Waals surface area (Å²) in [6, 6.07) is 11.0. The van der Waals surface area contributed by atoms with E-state index in [4.69, 9.17) is 11.6 Å². The molecule has 0 atom stereocenters. The highest BCUT2D eigenvalue weighted by Gasteiger charge is 2.30. The molecule has 0 aliphatic carbocycles. The van der Waals surface area contributed by atoms with Gasteiger partial charge in [-0.15, -0.1) is 11.3 Å². The van der Waals surface area contributed by atoms with Gasteiger partial charge in [-0.25, -0.2) is 8.42 Å². The average Bonchev–Trinajstić information content (AvgIpc) is 3.40. The molecule has 0 unspecified atom stereocenters. The molecule has 0 spiro atoms. The molecule has 2 saturated heterocycles. The van der Waals surface area contributed by atoms with Crippen LogP contribution in [0.4, 0.5) is 5.69 Å². The lowest BCUT2D eigenvalue weighted by molar-refractivity contribution is -0.129. The number of nitrogens with zero attached hydrogens (tertiary/aromatic N) is 3. The molecule has 2 fully saturated rings. The van der Waals surface area contributed by atoms with E-state index < -0.39 is 10.0 Å². The topological polar surface area (TPSA) is 60.9 Å². The lowest BCUT2D eigenvalue weighted by Crippen LogP contribution is -2.48. The van der Waals surface area contributed by atoms with Crippen LogP contribution in [0.2, 0.25) is 5.02 Å². The Morgan fingerprint density at radius 3 is 2.41 bits per heavy atom. The number of rotatable bonds is 5. The summed E-state index contributed by atoms with van der Waals surface area (Å²) in [4.78, 5) is 17.1. The Morgan fingerprint density at radius 2 is 1.72 bits per heavy atom. The van der Waals surface area contributed by atoms with Crippen LogP contribution in [0.15, 0.2) is 40.6 Å². The predicted molar refractivity (Wildman–Crippen MR) is 116 cm³/mol. The SMILES string of the molecule is O=C(Cc1ccc(S(=O)(=O)N2CCN(c3cccc(Cl)c3)CC2)s1)N1CCCC1. The van der Waals surface area contributed by atoms with Crippen LogP contribution in [0.25, 0.3) is 0 Å². The van der Waals surface area contributed by atoms with Crippen molar-refractivity contribution < 1.29 is 13.2 Å². The zero-order valence-electron chi connectivity index (χ0n) is 16.1. The second-order valence-electron chi connectivity index (χ2n) is 7.36. The van der Waals surface area contributed by atoms with E-state index >= 15 is 0 Å². The molecular weight excluding hydrogens is 430 g/mol. The molecule has 0 radical (unpaired) electrons. The van der Waals surface area contributed by atoms with Gasteiger partial charge in [0.05, 0.1) is 6.42 Å². The largest absolute Gasteiger partial charge is 0.369 e. The number of anilines is 1. The van der Waals surface area contributed by atoms with Crippen molar-refractivity contribution in [3.63, 3.8) is 0 Å². The Kier molecular flexibility index (Phi) is 6.15. The van der Waals surface area contributed by atoms with Crippen LogP contribution in [0.5, 0.6) is 0 Å². The molecule has 156 valence electrons. The molecular formula is C20H24ClN3O3S2. The minimum atomic E-state index is -3.54. The van der Waals surface area contributed by atoms with Crippen molar-refractivity contribution in [2.24, 2.45) is 0 Å². The zero-order chi connectivity index (χ0) is 20.4. The number of amides is 1. The Labute approximate surface area is 180 Å². The van der Waals surface area contributed by atoms with Crippen molar-refractivity contribution in [1.82, 2.24) is 9.21 Å². The third-order valence-corrected chi connectivity index (χ3v) is 9.11. The van der Waals surface area contributed by atoms with Gasteiger partial charge in [-0.1, -0.05) is 17.7 Å². The average molecular weight is 454 g/mol. The lowest BCUT2D eigenvalue weighted by atomic mass is 10.2. The van der Waals surface area contributed by atoms with Gasteiger partial charge in [0.25, 0.3) is 10.0 Å². The van der Waals surface area contributed by atoms with Gasteiger partial charge in [0.1, 0.15) is 4.21 Å². The van der Waals surface area contributed by atoms with Crippen LogP contribution in [-0.2, 0) is 21.2 Å². The first-order valence-electron chi connectivity index (χ1n) is 9.81. The molecule has 1 aromatic heterocycles. The summed E-state index contributed by atoms with van der Waals surface area (Å²) in [6.45, 7) is 3.71. The second-order valence-corrected chi connectivity index (χ2v) is 11.1. The Bertz CT molecular complexity index is 978. The number of sulfonamides is 1. The summed E-state index contributed by atoms with van der Waals surface area (Å²) >= 11 is 7.28. The molecule has 1 aromatic carbocycles. The maximum Gasteiger partial charge on any atom is 0.252 e. The third-order valence-electron chi connectivity index (χ3n) is 5.43. The molecule has 2 aromatic rings. The first-order chi connectivity index (χ1) is 13.9. The van der Waals surface area contributed by atoms with Gasteiger partial charge < -0.3 is 9.80 Å². The van der Waals surface area contributed by atoms with Crippen LogP contribution < -0.4 is 4.90 Å². The van der Waals surface area contributed by atoms with Gasteiger partial charge in [0.15, 0.2) is 0 Å². The fourth-order valence-electron chi connectivity index (χ4n) is 3.81. The van der Waals surface area contributed by atoms with E-state index in [9.17, 15) is 13.2 Å². The van der Waals surface area contributed by atoms with Crippen molar-refractivity contribution >= 4 is 44.6 Å². The Balaban J connectivity index is 1.39. The summed E-state index contributed by atoms with van der Waals surface area (Å²) in [5.74, 6) is 0.0865. The highest BCUT2D eigenvalue weighted by atomic mass is 35.5. The standard InChI is InChI=1S/C20H24ClN3O3S2/c21-16-4-3-5-17(14-16)22-10-12-24(13-11-22)29(26,27)20-7-6-18(28-20)15-19(25)23-8-1-2-9-23/h3-7,14H,1-2,8-13,15H2. The van der Waals surface area contributed by atoms with Gasteiger partial charge in [-0.3, -0.25) is 4.79 Å². The monoisotopic (exact) mass is 453 g/mol. The van der Waals surface area contributed by atoms with Gasteiger partial charge >= 0.3 is 0 Å². The summed E-state index contributed by atoms with van der Waals surface area (Å²) in [7, 11) is -3.54. The summed E-state index contributed by atoms with van der Waals surface area (Å²) in [5.41, 5.74) is 1.01. The molecule has 3 heterocycles. The smallest absolute Gasteiger partial charge is 0.252 e. The molecule has 0 N–H and O–H groups in total. The number of hydrogen-bond acceptors (Lipinski definition) is 5. The summed E-state index contributed by atoms with van der Waals surface area (Å²) < 4.78 is 27.9. The summed E-state index contributed by atoms with van der Waals surface area (Å²) in [5, 5.41) is 0.673. The Morgan fingerprint density at radius 1 is 1.00 bits per heavy atom. The van der Waals surface area contributed by atoms with Crippen molar-refractivity contribution in [2.75, 3.05) is 44.2 Å². The van der Waals surface area contributed by atoms with Gasteiger partial charge in [-0.2, -0.15) is 4.31 Å². The molecule has 1 amide bonds. The molecule has 0 bridgehead atoms. The zero-order valence-corrected chi connectivity index (χ0v) is 18.5. The number of benzene rings is 1. The van der Waals surface area contributed by atoms with E-state index in [1.807, 2.05) is 29.2 Å². The van der Waals surface area contributed by atoms with Crippen LogP contribution in [0, 0.1) is 0 Å². The fourth-order valence-corrected chi connectivity index (χ4v) is 6.91. The first kappa shape index (κ1) is 20.7. The minimum Gasteiger partial charge on any atom is -0.369 e. The van der Waals surface area contributed by atoms with Crippen LogP contribution in [0.3, 0.4) is 0 Å². The maximum absolute atomic E-state index is 13.0. The first-order valence-corrected chi connectivity index (χ1v) is 12.4. The lowest BCUT2D eigenvalue weighted by Gasteiger charge is -2.35. The number of hydrogen-bond donors (Lipinski definition) is 0. The maximum atomic E-state index is 13.0. The van der Waals surface area contributed by atoms with E-state index in [-0.39, 0.29) is 12.3 Å². The quantitative estimate of drug-likeness (QED) is 0.698. The van der Waals surface area contributed by atoms with Crippen molar-refractivity contribution in [3.05, 3.63) is 46.3 Å². The molecule has 0 saturated carbocycles. The van der Waals surface area contributed by atoms with E-state index in [1.165, 1.54) is 15.6 Å². The second kappa shape index (κ2) is 8.63. The van der Waals surface area contributed by atoms with Crippen LogP contribution >= 0.6 is 22.9 Å². The van der Waals surface area contributed by atoms with E-state index in [0.29, 0.717) is 35.4 Å². The number of carbonyl (C=O) groups is 1. The normalized spacial score (nSPS) is 18.4. The van der Waals surface area contributed by atoms with Crippen LogP contribution in [0.1, 0.15) is 17.7 Å². The molecule has 2 aliphatic rings. The summed E-state index contributed by atoms with van der Waals surface area (Å²) in [6.07, 6.45) is 2.39. The predicted octanol–water partition coefficient (Wildman–Crippen LogP) is 3.08. The van der Waals surface area contributed by atoms with Gasteiger partial charge in [0, 0.05) is 54.9 Å². The third kappa shape index (κ3) is 4.60. The highest BCUT2D eigenvalue weighted by Crippen LogP contribution is 2.28. The van der Waals surface area contributed by atoms with E-state index in [1.54, 1.807) is 12.1 Å². The Hall–Kier alpha value is -1.61. The van der Waals surface area contributed by atoms with Crippen LogP contribution in [-0.4, -0.2) is 62.8 Å². The van der Waals surface area contributed by atoms with Gasteiger partial charge in [-0.05, 0) is 43.2 Å². The molecule has 2 aliphatic heterocycles. The van der Waals surface area contributed by atoms with E-state index in [0.717, 1.165) is 36.5 Å². The molecule has 6 nitrogen and oxygen atoms in total. The minimum absolute atomic E-state index is 0.0865. The molecule has 4 rings (SSSR count). The highest BCUT2D eigenvalue weighted by molar-refractivity contribution is 7.91. The fraction of sp³-hybridized carbons (Fsp3) is 0.450. The van der Waals surface area contributed by atoms with Crippen molar-refractivity contribution in [3.8, 4) is 0 Å². The number of thiophene rings is 1. The van der Waals surface area contributed by atoms with E-state index in [2.05, 4.69) is 4.90 Å².